The number of thiazole rings is 1. The lowest BCUT2D eigenvalue weighted by molar-refractivity contribution is 0.341. The fraction of sp³-hybridized carbons (Fsp3) is 0.250. The van der Waals surface area contributed by atoms with Crippen LogP contribution in [0.2, 0.25) is 0 Å². The molecule has 0 saturated carbocycles. The second-order valence-electron chi connectivity index (χ2n) is 3.40. The zero-order valence-electron chi connectivity index (χ0n) is 9.44. The van der Waals surface area contributed by atoms with Crippen molar-refractivity contribution < 1.29 is 4.74 Å². The van der Waals surface area contributed by atoms with E-state index in [2.05, 4.69) is 20.9 Å². The Bertz CT molecular complexity index is 513. The number of hydrogen-bond acceptors (Lipinski definition) is 4. The van der Waals surface area contributed by atoms with E-state index in [-0.39, 0.29) is 0 Å². The minimum atomic E-state index is 0.475. The van der Waals surface area contributed by atoms with Crippen molar-refractivity contribution in [2.24, 2.45) is 5.73 Å². The topological polar surface area (TPSA) is 48.1 Å². The van der Waals surface area contributed by atoms with Gasteiger partial charge in [0.2, 0.25) is 0 Å². The molecule has 0 spiro atoms. The van der Waals surface area contributed by atoms with Crippen molar-refractivity contribution in [2.75, 3.05) is 6.61 Å². The highest BCUT2D eigenvalue weighted by atomic mass is 79.9. The highest BCUT2D eigenvalue weighted by Crippen LogP contribution is 2.33. The predicted molar refractivity (Wildman–Crippen MR) is 74.3 cm³/mol. The third-order valence-corrected chi connectivity index (χ3v) is 3.61. The minimum Gasteiger partial charge on any atom is -0.493 e. The van der Waals surface area contributed by atoms with Gasteiger partial charge in [-0.1, -0.05) is 15.9 Å². The number of ether oxygens (including phenoxy) is 1. The predicted octanol–water partition coefficient (Wildman–Crippen LogP) is 3.43. The first-order chi connectivity index (χ1) is 8.24. The average Bonchev–Trinajstić information content (AvgIpc) is 2.80. The Morgan fingerprint density at radius 1 is 1.47 bits per heavy atom. The van der Waals surface area contributed by atoms with Crippen LogP contribution in [0.4, 0.5) is 0 Å². The van der Waals surface area contributed by atoms with E-state index in [0.717, 1.165) is 26.5 Å². The molecule has 1 aromatic carbocycles. The molecule has 0 fully saturated rings. The summed E-state index contributed by atoms with van der Waals surface area (Å²) in [5, 5.41) is 2.94. The molecule has 5 heteroatoms. The van der Waals surface area contributed by atoms with Gasteiger partial charge in [0.05, 0.1) is 12.3 Å². The van der Waals surface area contributed by atoms with Crippen molar-refractivity contribution in [1.82, 2.24) is 4.98 Å². The first kappa shape index (κ1) is 12.5. The first-order valence-electron chi connectivity index (χ1n) is 5.31. The van der Waals surface area contributed by atoms with Gasteiger partial charge in [-0.2, -0.15) is 0 Å². The quantitative estimate of drug-likeness (QED) is 0.941. The number of benzene rings is 1. The molecule has 0 atom stereocenters. The van der Waals surface area contributed by atoms with E-state index in [9.17, 15) is 0 Å². The number of nitrogens with two attached hydrogens (primary N) is 1. The van der Waals surface area contributed by atoms with Crippen molar-refractivity contribution >= 4 is 27.3 Å². The van der Waals surface area contributed by atoms with Gasteiger partial charge in [0.1, 0.15) is 10.8 Å². The van der Waals surface area contributed by atoms with Gasteiger partial charge in [-0.25, -0.2) is 4.98 Å². The molecule has 0 aliphatic heterocycles. The molecule has 0 unspecified atom stereocenters. The molecule has 17 heavy (non-hydrogen) atoms. The summed E-state index contributed by atoms with van der Waals surface area (Å²) in [4.78, 5) is 4.48. The van der Waals surface area contributed by atoms with Crippen LogP contribution >= 0.6 is 27.3 Å². The fourth-order valence-electron chi connectivity index (χ4n) is 1.51. The molecular weight excluding hydrogens is 300 g/mol. The lowest BCUT2D eigenvalue weighted by Crippen LogP contribution is -1.96. The molecule has 0 bridgehead atoms. The van der Waals surface area contributed by atoms with Gasteiger partial charge < -0.3 is 10.5 Å². The van der Waals surface area contributed by atoms with Gasteiger partial charge in [-0.15, -0.1) is 11.3 Å². The fourth-order valence-corrected chi connectivity index (χ4v) is 2.55. The smallest absolute Gasteiger partial charge is 0.128 e. The van der Waals surface area contributed by atoms with Crippen LogP contribution in [0.25, 0.3) is 11.3 Å². The summed E-state index contributed by atoms with van der Waals surface area (Å²) in [6.45, 7) is 3.09. The van der Waals surface area contributed by atoms with E-state index >= 15 is 0 Å². The first-order valence-corrected chi connectivity index (χ1v) is 6.99. The lowest BCUT2D eigenvalue weighted by Gasteiger charge is -2.08. The van der Waals surface area contributed by atoms with Gasteiger partial charge in [0.25, 0.3) is 0 Å². The molecule has 2 rings (SSSR count). The maximum Gasteiger partial charge on any atom is 0.128 e. The number of aromatic nitrogens is 1. The molecule has 3 nitrogen and oxygen atoms in total. The summed E-state index contributed by atoms with van der Waals surface area (Å²) in [6.07, 6.45) is 0. The van der Waals surface area contributed by atoms with E-state index in [4.69, 9.17) is 10.5 Å². The van der Waals surface area contributed by atoms with Crippen LogP contribution in [0.1, 0.15) is 11.9 Å². The standard InChI is InChI=1S/C12H13BrN2OS/c1-2-16-11-4-3-8(13)5-9(11)10-7-17-12(6-14)15-10/h3-5,7H,2,6,14H2,1H3. The summed E-state index contributed by atoms with van der Waals surface area (Å²) < 4.78 is 6.61. The van der Waals surface area contributed by atoms with Gasteiger partial charge in [0.15, 0.2) is 0 Å². The maximum atomic E-state index is 5.60. The summed E-state index contributed by atoms with van der Waals surface area (Å²) in [5.41, 5.74) is 7.49. The Labute approximate surface area is 113 Å². The summed E-state index contributed by atoms with van der Waals surface area (Å²) in [7, 11) is 0. The third kappa shape index (κ3) is 2.86. The molecule has 0 saturated heterocycles. The molecule has 2 N–H and O–H groups in total. The Morgan fingerprint density at radius 2 is 2.29 bits per heavy atom. The van der Waals surface area contributed by atoms with Crippen molar-refractivity contribution in [3.63, 3.8) is 0 Å². The number of nitrogens with zero attached hydrogens (tertiary/aromatic N) is 1. The molecule has 1 aromatic heterocycles. The van der Waals surface area contributed by atoms with E-state index in [0.29, 0.717) is 13.2 Å². The highest BCUT2D eigenvalue weighted by molar-refractivity contribution is 9.10. The highest BCUT2D eigenvalue weighted by Gasteiger charge is 2.10. The van der Waals surface area contributed by atoms with Crippen molar-refractivity contribution in [1.29, 1.82) is 0 Å². The average molecular weight is 313 g/mol. The van der Waals surface area contributed by atoms with Crippen LogP contribution in [0, 0.1) is 0 Å². The van der Waals surface area contributed by atoms with Crippen LogP contribution in [0.5, 0.6) is 5.75 Å². The molecule has 2 aromatic rings. The van der Waals surface area contributed by atoms with Crippen molar-refractivity contribution in [2.45, 2.75) is 13.5 Å². The Hall–Kier alpha value is -0.910. The monoisotopic (exact) mass is 312 g/mol. The van der Waals surface area contributed by atoms with Gasteiger partial charge >= 0.3 is 0 Å². The normalized spacial score (nSPS) is 10.5. The number of halogens is 1. The van der Waals surface area contributed by atoms with E-state index < -0.39 is 0 Å². The van der Waals surface area contributed by atoms with Crippen molar-refractivity contribution in [3.8, 4) is 17.0 Å². The van der Waals surface area contributed by atoms with E-state index in [1.54, 1.807) is 11.3 Å². The summed E-state index contributed by atoms with van der Waals surface area (Å²) >= 11 is 5.03. The molecule has 0 aliphatic carbocycles. The third-order valence-electron chi connectivity index (χ3n) is 2.24. The zero-order chi connectivity index (χ0) is 12.3. The van der Waals surface area contributed by atoms with Crippen LogP contribution in [0.15, 0.2) is 28.1 Å². The lowest BCUT2D eigenvalue weighted by atomic mass is 10.1. The number of hydrogen-bond donors (Lipinski definition) is 1. The van der Waals surface area contributed by atoms with Crippen LogP contribution in [-0.2, 0) is 6.54 Å². The van der Waals surface area contributed by atoms with Crippen LogP contribution in [0.3, 0.4) is 0 Å². The molecule has 90 valence electrons. The molecule has 0 amide bonds. The minimum absolute atomic E-state index is 0.475. The SMILES string of the molecule is CCOc1ccc(Br)cc1-c1csc(CN)n1. The van der Waals surface area contributed by atoms with E-state index in [1.165, 1.54) is 0 Å². The van der Waals surface area contributed by atoms with Crippen molar-refractivity contribution in [3.05, 3.63) is 33.1 Å². The molecule has 0 radical (unpaired) electrons. The Balaban J connectivity index is 2.44. The summed E-state index contributed by atoms with van der Waals surface area (Å²) in [6, 6.07) is 5.93. The van der Waals surface area contributed by atoms with Gasteiger partial charge in [0, 0.05) is 22.0 Å². The second kappa shape index (κ2) is 5.62. The van der Waals surface area contributed by atoms with Gasteiger partial charge in [-0.05, 0) is 25.1 Å². The maximum absolute atomic E-state index is 5.60. The zero-order valence-corrected chi connectivity index (χ0v) is 11.8. The van der Waals surface area contributed by atoms with E-state index in [1.807, 2.05) is 30.5 Å². The number of rotatable bonds is 4. The van der Waals surface area contributed by atoms with Crippen LogP contribution < -0.4 is 10.5 Å². The second-order valence-corrected chi connectivity index (χ2v) is 5.26. The largest absolute Gasteiger partial charge is 0.493 e. The van der Waals surface area contributed by atoms with Crippen LogP contribution in [-0.4, -0.2) is 11.6 Å². The summed E-state index contributed by atoms with van der Waals surface area (Å²) in [5.74, 6) is 0.851. The molecule has 0 aliphatic rings. The molecular formula is C12H13BrN2OS. The molecule has 1 heterocycles. The van der Waals surface area contributed by atoms with Gasteiger partial charge in [-0.3, -0.25) is 0 Å². The Morgan fingerprint density at radius 3 is 2.94 bits per heavy atom. The Kier molecular flexibility index (Phi) is 4.15.